The molecule has 0 unspecified atom stereocenters. The van der Waals surface area contributed by atoms with Crippen molar-refractivity contribution in [3.63, 3.8) is 0 Å². The minimum atomic E-state index is -0.735. The molecule has 7 nitrogen and oxygen atoms in total. The average molecular weight is 391 g/mol. The highest BCUT2D eigenvalue weighted by Gasteiger charge is 2.52. The Morgan fingerprint density at radius 3 is 2.66 bits per heavy atom. The van der Waals surface area contributed by atoms with Crippen LogP contribution in [0, 0.1) is 0 Å². The number of rotatable bonds is 4. The number of hydrogen-bond acceptors (Lipinski definition) is 4. The van der Waals surface area contributed by atoms with Crippen molar-refractivity contribution in [2.24, 2.45) is 0 Å². The Hall–Kier alpha value is -3.35. The summed E-state index contributed by atoms with van der Waals surface area (Å²) >= 11 is 0. The Bertz CT molecular complexity index is 1140. The molecule has 2 aliphatic rings. The number of urea groups is 1. The number of para-hydroxylation sites is 1. The summed E-state index contributed by atoms with van der Waals surface area (Å²) < 4.78 is 5.80. The summed E-state index contributed by atoms with van der Waals surface area (Å²) in [6, 6.07) is 12.8. The molecular weight excluding hydrogens is 370 g/mol. The van der Waals surface area contributed by atoms with Crippen molar-refractivity contribution >= 4 is 45.5 Å². The highest BCUT2D eigenvalue weighted by molar-refractivity contribution is 6.08. The highest BCUT2D eigenvalue weighted by atomic mass is 16.3. The molecule has 0 bridgehead atoms. The van der Waals surface area contributed by atoms with E-state index in [1.165, 1.54) is 4.90 Å². The number of fused-ring (bicyclic) bond motifs is 3. The van der Waals surface area contributed by atoms with E-state index in [1.807, 2.05) is 36.4 Å². The fourth-order valence-electron chi connectivity index (χ4n) is 4.44. The van der Waals surface area contributed by atoms with Gasteiger partial charge < -0.3 is 15.1 Å². The normalized spacial score (nSPS) is 18.1. The molecule has 2 N–H and O–H groups in total. The molecule has 1 saturated heterocycles. The predicted octanol–water partition coefficient (Wildman–Crippen LogP) is 3.78. The summed E-state index contributed by atoms with van der Waals surface area (Å²) in [5.74, 6) is -0.441. The number of carbonyl (C=O) groups excluding carboxylic acids is 3. The zero-order valence-electron chi connectivity index (χ0n) is 15.9. The van der Waals surface area contributed by atoms with Crippen LogP contribution in [0.15, 0.2) is 46.9 Å². The van der Waals surface area contributed by atoms with E-state index in [9.17, 15) is 14.4 Å². The number of amides is 4. The molecule has 2 aromatic carbocycles. The minimum absolute atomic E-state index is 0.0550. The molecule has 1 aliphatic carbocycles. The van der Waals surface area contributed by atoms with E-state index < -0.39 is 11.6 Å². The lowest BCUT2D eigenvalue weighted by atomic mass is 9.98. The number of furan rings is 1. The van der Waals surface area contributed by atoms with Crippen LogP contribution < -0.4 is 10.6 Å². The lowest BCUT2D eigenvalue weighted by molar-refractivity contribution is -0.131. The van der Waals surface area contributed by atoms with Gasteiger partial charge in [-0.2, -0.15) is 0 Å². The largest absolute Gasteiger partial charge is 0.456 e. The summed E-state index contributed by atoms with van der Waals surface area (Å²) in [5, 5.41) is 7.60. The Labute approximate surface area is 167 Å². The average Bonchev–Trinajstić information content (AvgIpc) is 3.38. The molecule has 1 aromatic heterocycles. The van der Waals surface area contributed by atoms with E-state index in [-0.39, 0.29) is 24.8 Å². The van der Waals surface area contributed by atoms with E-state index in [0.29, 0.717) is 18.5 Å². The third-order valence-electron chi connectivity index (χ3n) is 5.93. The van der Waals surface area contributed by atoms with Gasteiger partial charge in [0.25, 0.3) is 5.91 Å². The number of benzene rings is 2. The van der Waals surface area contributed by atoms with Crippen LogP contribution in [-0.4, -0.2) is 34.8 Å². The zero-order valence-corrected chi connectivity index (χ0v) is 15.9. The second kappa shape index (κ2) is 6.62. The number of imide groups is 1. The summed E-state index contributed by atoms with van der Waals surface area (Å²) in [6.45, 7) is 0.0785. The molecule has 0 radical (unpaired) electrons. The van der Waals surface area contributed by atoms with Crippen LogP contribution >= 0.6 is 0 Å². The van der Waals surface area contributed by atoms with Crippen molar-refractivity contribution in [1.29, 1.82) is 0 Å². The van der Waals surface area contributed by atoms with Crippen molar-refractivity contribution in [2.75, 3.05) is 11.9 Å². The van der Waals surface area contributed by atoms with E-state index in [2.05, 4.69) is 10.6 Å². The van der Waals surface area contributed by atoms with Crippen LogP contribution in [0.2, 0.25) is 0 Å². The van der Waals surface area contributed by atoms with Gasteiger partial charge in [-0.25, -0.2) is 4.79 Å². The second-order valence-electron chi connectivity index (χ2n) is 7.78. The first-order valence-corrected chi connectivity index (χ1v) is 9.91. The number of anilines is 1. The van der Waals surface area contributed by atoms with Crippen LogP contribution in [-0.2, 0) is 9.59 Å². The topological polar surface area (TPSA) is 91.7 Å². The number of nitrogens with one attached hydrogen (secondary N) is 2. The molecule has 4 amide bonds. The SMILES string of the molecule is O=C(CCN1C(=O)NC2(CCCC2)C1=O)Nc1ccc2oc3ccccc3c2c1. The zero-order chi connectivity index (χ0) is 20.0. The molecule has 5 rings (SSSR count). The number of nitrogens with zero attached hydrogens (tertiary/aromatic N) is 1. The van der Waals surface area contributed by atoms with Crippen molar-refractivity contribution in [2.45, 2.75) is 37.6 Å². The quantitative estimate of drug-likeness (QED) is 0.662. The van der Waals surface area contributed by atoms with E-state index in [4.69, 9.17) is 4.42 Å². The maximum Gasteiger partial charge on any atom is 0.325 e. The third kappa shape index (κ3) is 2.93. The van der Waals surface area contributed by atoms with Gasteiger partial charge in [0.15, 0.2) is 0 Å². The smallest absolute Gasteiger partial charge is 0.325 e. The number of hydrogen-bond donors (Lipinski definition) is 2. The lowest BCUT2D eigenvalue weighted by Crippen LogP contribution is -2.44. The van der Waals surface area contributed by atoms with Crippen LogP contribution in [0.3, 0.4) is 0 Å². The molecule has 3 aromatic rings. The monoisotopic (exact) mass is 391 g/mol. The summed E-state index contributed by atoms with van der Waals surface area (Å²) in [7, 11) is 0. The van der Waals surface area contributed by atoms with Crippen LogP contribution in [0.25, 0.3) is 21.9 Å². The van der Waals surface area contributed by atoms with Crippen molar-refractivity contribution < 1.29 is 18.8 Å². The molecule has 2 heterocycles. The fraction of sp³-hybridized carbons (Fsp3) is 0.318. The summed E-state index contributed by atoms with van der Waals surface area (Å²) in [5.41, 5.74) is 1.47. The fourth-order valence-corrected chi connectivity index (χ4v) is 4.44. The van der Waals surface area contributed by atoms with E-state index in [1.54, 1.807) is 6.07 Å². The second-order valence-corrected chi connectivity index (χ2v) is 7.78. The standard InChI is InChI=1S/C22H21N3O4/c26-19(9-12-25-20(27)22(24-21(25)28)10-3-4-11-22)23-14-7-8-18-16(13-14)15-5-1-2-6-17(15)29-18/h1-2,5-8,13H,3-4,9-12H2,(H,23,26)(H,24,28). The molecule has 1 aliphatic heterocycles. The molecule has 7 heteroatoms. The maximum atomic E-state index is 12.7. The van der Waals surface area contributed by atoms with E-state index >= 15 is 0 Å². The summed E-state index contributed by atoms with van der Waals surface area (Å²) in [6.07, 6.45) is 3.29. The molecular formula is C22H21N3O4. The van der Waals surface area contributed by atoms with Gasteiger partial charge in [0.2, 0.25) is 5.91 Å². The van der Waals surface area contributed by atoms with Crippen molar-refractivity contribution in [1.82, 2.24) is 10.2 Å². The molecule has 0 atom stereocenters. The van der Waals surface area contributed by atoms with Gasteiger partial charge in [0, 0.05) is 29.4 Å². The Morgan fingerprint density at radius 1 is 1.07 bits per heavy atom. The van der Waals surface area contributed by atoms with Crippen molar-refractivity contribution in [3.8, 4) is 0 Å². The van der Waals surface area contributed by atoms with Gasteiger partial charge in [0.05, 0.1) is 0 Å². The molecule has 2 fully saturated rings. The van der Waals surface area contributed by atoms with Gasteiger partial charge in [-0.3, -0.25) is 14.5 Å². The lowest BCUT2D eigenvalue weighted by Gasteiger charge is -2.19. The summed E-state index contributed by atoms with van der Waals surface area (Å²) in [4.78, 5) is 38.5. The van der Waals surface area contributed by atoms with Gasteiger partial charge in [-0.15, -0.1) is 0 Å². The minimum Gasteiger partial charge on any atom is -0.456 e. The number of carbonyl (C=O) groups is 3. The molecule has 29 heavy (non-hydrogen) atoms. The first-order chi connectivity index (χ1) is 14.1. The third-order valence-corrected chi connectivity index (χ3v) is 5.93. The Kier molecular flexibility index (Phi) is 4.04. The van der Waals surface area contributed by atoms with Gasteiger partial charge in [-0.1, -0.05) is 31.0 Å². The Balaban J connectivity index is 1.27. The molecule has 1 saturated carbocycles. The highest BCUT2D eigenvalue weighted by Crippen LogP contribution is 2.35. The first kappa shape index (κ1) is 17.7. The van der Waals surface area contributed by atoms with Crippen molar-refractivity contribution in [3.05, 3.63) is 42.5 Å². The first-order valence-electron chi connectivity index (χ1n) is 9.91. The van der Waals surface area contributed by atoms with Gasteiger partial charge in [0.1, 0.15) is 16.7 Å². The van der Waals surface area contributed by atoms with E-state index in [0.717, 1.165) is 34.8 Å². The Morgan fingerprint density at radius 2 is 1.83 bits per heavy atom. The molecule has 1 spiro atoms. The van der Waals surface area contributed by atoms with Gasteiger partial charge in [-0.05, 0) is 37.1 Å². The predicted molar refractivity (Wildman–Crippen MR) is 108 cm³/mol. The van der Waals surface area contributed by atoms with Crippen LogP contribution in [0.4, 0.5) is 10.5 Å². The van der Waals surface area contributed by atoms with Gasteiger partial charge >= 0.3 is 6.03 Å². The molecule has 148 valence electrons. The maximum absolute atomic E-state index is 12.7. The van der Waals surface area contributed by atoms with Crippen LogP contribution in [0.1, 0.15) is 32.1 Å². The van der Waals surface area contributed by atoms with Crippen LogP contribution in [0.5, 0.6) is 0 Å².